The van der Waals surface area contributed by atoms with Gasteiger partial charge < -0.3 is 5.32 Å². The van der Waals surface area contributed by atoms with E-state index in [0.717, 1.165) is 5.56 Å². The summed E-state index contributed by atoms with van der Waals surface area (Å²) in [7, 11) is 0. The Labute approximate surface area is 126 Å². The zero-order chi connectivity index (χ0) is 14.7. The fourth-order valence-corrected chi connectivity index (χ4v) is 2.39. The van der Waals surface area contributed by atoms with Crippen LogP contribution >= 0.6 is 23.2 Å². The van der Waals surface area contributed by atoms with E-state index in [4.69, 9.17) is 23.2 Å². The van der Waals surface area contributed by atoms with E-state index in [1.807, 2.05) is 25.1 Å². The lowest BCUT2D eigenvalue weighted by Gasteiger charge is -2.17. The largest absolute Gasteiger partial charge is 0.373 e. The fourth-order valence-electron chi connectivity index (χ4n) is 1.92. The van der Waals surface area contributed by atoms with Crippen molar-refractivity contribution in [3.8, 4) is 0 Å². The molecule has 6 heteroatoms. The number of nitro benzene ring substituents is 1. The average Bonchev–Trinajstić information content (AvgIpc) is 2.38. The number of nitrogens with one attached hydrogen (secondary N) is 1. The number of nitro groups is 1. The van der Waals surface area contributed by atoms with Crippen molar-refractivity contribution >= 4 is 34.6 Å². The van der Waals surface area contributed by atoms with Crippen molar-refractivity contribution < 1.29 is 4.92 Å². The zero-order valence-corrected chi connectivity index (χ0v) is 12.2. The summed E-state index contributed by atoms with van der Waals surface area (Å²) in [5, 5.41) is 15.1. The molecule has 0 saturated heterocycles. The van der Waals surface area contributed by atoms with Crippen molar-refractivity contribution in [3.63, 3.8) is 0 Å². The Hall–Kier alpha value is -1.78. The minimum absolute atomic E-state index is 0.0201. The Morgan fingerprint density at radius 1 is 1.20 bits per heavy atom. The van der Waals surface area contributed by atoms with Gasteiger partial charge in [-0.1, -0.05) is 41.4 Å². The molecule has 0 spiro atoms. The standard InChI is InChI=1S/C14H12Cl2N2O2/c1-9(11-4-2-3-5-12(11)16)17-13-8-10(15)6-7-14(13)18(19)20/h2-9,17H,1H3. The highest BCUT2D eigenvalue weighted by molar-refractivity contribution is 6.31. The van der Waals surface area contributed by atoms with Gasteiger partial charge in [-0.25, -0.2) is 0 Å². The van der Waals surface area contributed by atoms with Gasteiger partial charge in [-0.2, -0.15) is 0 Å². The van der Waals surface area contributed by atoms with Gasteiger partial charge in [-0.05, 0) is 30.7 Å². The van der Waals surface area contributed by atoms with Gasteiger partial charge >= 0.3 is 0 Å². The molecule has 2 rings (SSSR count). The lowest BCUT2D eigenvalue weighted by atomic mass is 10.1. The van der Waals surface area contributed by atoms with Gasteiger partial charge in [0, 0.05) is 16.1 Å². The first-order valence-corrected chi connectivity index (χ1v) is 6.69. The van der Waals surface area contributed by atoms with Crippen LogP contribution in [0, 0.1) is 10.1 Å². The lowest BCUT2D eigenvalue weighted by molar-refractivity contribution is -0.384. The molecule has 0 saturated carbocycles. The second kappa shape index (κ2) is 6.11. The summed E-state index contributed by atoms with van der Waals surface area (Å²) in [5.74, 6) is 0. The third-order valence-electron chi connectivity index (χ3n) is 2.90. The van der Waals surface area contributed by atoms with Crippen LogP contribution in [0.2, 0.25) is 10.0 Å². The summed E-state index contributed by atoms with van der Waals surface area (Å²) >= 11 is 12.0. The van der Waals surface area contributed by atoms with E-state index in [9.17, 15) is 10.1 Å². The molecule has 2 aromatic rings. The molecule has 104 valence electrons. The molecule has 1 N–H and O–H groups in total. The Balaban J connectivity index is 2.32. The van der Waals surface area contributed by atoms with Crippen molar-refractivity contribution in [1.82, 2.24) is 0 Å². The normalized spacial score (nSPS) is 11.9. The van der Waals surface area contributed by atoms with Crippen molar-refractivity contribution in [2.45, 2.75) is 13.0 Å². The van der Waals surface area contributed by atoms with Gasteiger partial charge in [0.15, 0.2) is 0 Å². The summed E-state index contributed by atoms with van der Waals surface area (Å²) in [6.45, 7) is 1.88. The monoisotopic (exact) mass is 310 g/mol. The van der Waals surface area contributed by atoms with Gasteiger partial charge in [0.2, 0.25) is 0 Å². The minimum atomic E-state index is -0.446. The van der Waals surface area contributed by atoms with Crippen LogP contribution in [0.15, 0.2) is 42.5 Å². The summed E-state index contributed by atoms with van der Waals surface area (Å²) in [6.07, 6.45) is 0. The van der Waals surface area contributed by atoms with Crippen molar-refractivity contribution in [2.75, 3.05) is 5.32 Å². The average molecular weight is 311 g/mol. The maximum absolute atomic E-state index is 11.0. The molecule has 1 unspecified atom stereocenters. The molecule has 0 bridgehead atoms. The summed E-state index contributed by atoms with van der Waals surface area (Å²) in [5.41, 5.74) is 1.21. The van der Waals surface area contributed by atoms with Gasteiger partial charge in [0.25, 0.3) is 5.69 Å². The third-order valence-corrected chi connectivity index (χ3v) is 3.48. The molecule has 0 aliphatic rings. The SMILES string of the molecule is CC(Nc1cc(Cl)ccc1[N+](=O)[O-])c1ccccc1Cl. The van der Waals surface area contributed by atoms with Gasteiger partial charge in [0.1, 0.15) is 5.69 Å². The highest BCUT2D eigenvalue weighted by Crippen LogP contribution is 2.32. The van der Waals surface area contributed by atoms with Crippen molar-refractivity contribution in [2.24, 2.45) is 0 Å². The number of hydrogen-bond acceptors (Lipinski definition) is 3. The number of benzene rings is 2. The Morgan fingerprint density at radius 2 is 1.90 bits per heavy atom. The van der Waals surface area contributed by atoms with Crippen LogP contribution in [0.5, 0.6) is 0 Å². The topological polar surface area (TPSA) is 55.2 Å². The quantitative estimate of drug-likeness (QED) is 0.633. The maximum Gasteiger partial charge on any atom is 0.292 e. The smallest absolute Gasteiger partial charge is 0.292 e. The number of halogens is 2. The van der Waals surface area contributed by atoms with E-state index in [2.05, 4.69) is 5.32 Å². The highest BCUT2D eigenvalue weighted by atomic mass is 35.5. The molecular weight excluding hydrogens is 299 g/mol. The summed E-state index contributed by atoms with van der Waals surface area (Å²) in [6, 6.07) is 11.6. The molecule has 4 nitrogen and oxygen atoms in total. The molecule has 0 radical (unpaired) electrons. The Morgan fingerprint density at radius 3 is 2.55 bits per heavy atom. The first kappa shape index (κ1) is 14.6. The molecule has 0 amide bonds. The second-order valence-electron chi connectivity index (χ2n) is 4.31. The zero-order valence-electron chi connectivity index (χ0n) is 10.6. The van der Waals surface area contributed by atoms with Crippen LogP contribution in [0.3, 0.4) is 0 Å². The van der Waals surface area contributed by atoms with Crippen LogP contribution in [-0.2, 0) is 0 Å². The van der Waals surface area contributed by atoms with E-state index in [0.29, 0.717) is 15.7 Å². The second-order valence-corrected chi connectivity index (χ2v) is 5.15. The number of anilines is 1. The van der Waals surface area contributed by atoms with E-state index in [1.54, 1.807) is 6.07 Å². The van der Waals surface area contributed by atoms with Gasteiger partial charge in [-0.3, -0.25) is 10.1 Å². The van der Waals surface area contributed by atoms with Crippen LogP contribution in [0.4, 0.5) is 11.4 Å². The number of nitrogens with zero attached hydrogens (tertiary/aromatic N) is 1. The van der Waals surface area contributed by atoms with Gasteiger partial charge in [0.05, 0.1) is 11.0 Å². The first-order chi connectivity index (χ1) is 9.49. The van der Waals surface area contributed by atoms with E-state index >= 15 is 0 Å². The lowest BCUT2D eigenvalue weighted by Crippen LogP contribution is -2.08. The first-order valence-electron chi connectivity index (χ1n) is 5.94. The fraction of sp³-hybridized carbons (Fsp3) is 0.143. The molecule has 0 fully saturated rings. The number of hydrogen-bond donors (Lipinski definition) is 1. The van der Waals surface area contributed by atoms with E-state index < -0.39 is 4.92 Å². The highest BCUT2D eigenvalue weighted by Gasteiger charge is 2.17. The summed E-state index contributed by atoms with van der Waals surface area (Å²) < 4.78 is 0. The molecule has 0 aliphatic carbocycles. The van der Waals surface area contributed by atoms with Gasteiger partial charge in [-0.15, -0.1) is 0 Å². The molecule has 20 heavy (non-hydrogen) atoms. The van der Waals surface area contributed by atoms with Crippen molar-refractivity contribution in [3.05, 3.63) is 68.2 Å². The predicted molar refractivity (Wildman–Crippen MR) is 81.6 cm³/mol. The molecule has 0 heterocycles. The Bertz CT molecular complexity index is 647. The van der Waals surface area contributed by atoms with E-state index in [-0.39, 0.29) is 11.7 Å². The molecule has 0 aliphatic heterocycles. The summed E-state index contributed by atoms with van der Waals surface area (Å²) in [4.78, 5) is 10.6. The molecule has 1 atom stereocenters. The van der Waals surface area contributed by atoms with Crippen LogP contribution in [0.25, 0.3) is 0 Å². The molecular formula is C14H12Cl2N2O2. The van der Waals surface area contributed by atoms with Crippen molar-refractivity contribution in [1.29, 1.82) is 0 Å². The molecule has 2 aromatic carbocycles. The van der Waals surface area contributed by atoms with Crippen LogP contribution in [0.1, 0.15) is 18.5 Å². The minimum Gasteiger partial charge on any atom is -0.373 e. The maximum atomic E-state index is 11.0. The Kier molecular flexibility index (Phi) is 4.47. The third kappa shape index (κ3) is 3.21. The van der Waals surface area contributed by atoms with Crippen LogP contribution < -0.4 is 5.32 Å². The van der Waals surface area contributed by atoms with Crippen LogP contribution in [-0.4, -0.2) is 4.92 Å². The molecule has 0 aromatic heterocycles. The predicted octanol–water partition coefficient (Wildman–Crippen LogP) is 5.07. The number of rotatable bonds is 4. The van der Waals surface area contributed by atoms with E-state index in [1.165, 1.54) is 18.2 Å².